The number of rotatable bonds is 3. The summed E-state index contributed by atoms with van der Waals surface area (Å²) in [4.78, 5) is 10.6. The van der Waals surface area contributed by atoms with Crippen LogP contribution < -0.4 is 5.32 Å². The van der Waals surface area contributed by atoms with Crippen molar-refractivity contribution in [3.63, 3.8) is 0 Å². The van der Waals surface area contributed by atoms with Crippen LogP contribution in [0.15, 0.2) is 24.3 Å². The molecule has 98 valence electrons. The van der Waals surface area contributed by atoms with E-state index >= 15 is 0 Å². The average Bonchev–Trinajstić information content (AvgIpc) is 2.36. The smallest absolute Gasteiger partial charge is 0.356 e. The topological polar surface area (TPSA) is 75.1 Å². The predicted molar refractivity (Wildman–Crippen MR) is 63.4 cm³/mol. The first-order valence-electron chi connectivity index (χ1n) is 5.27. The van der Waals surface area contributed by atoms with Gasteiger partial charge in [0.25, 0.3) is 0 Å². The maximum Gasteiger partial charge on any atom is 0.356 e. The van der Waals surface area contributed by atoms with E-state index in [-0.39, 0.29) is 22.8 Å². The van der Waals surface area contributed by atoms with Crippen LogP contribution in [-0.2, 0) is 0 Å². The minimum atomic E-state index is -1.22. The molecule has 0 aliphatic rings. The van der Waals surface area contributed by atoms with Gasteiger partial charge in [0.15, 0.2) is 11.5 Å². The van der Waals surface area contributed by atoms with Crippen LogP contribution in [0.2, 0.25) is 0 Å². The molecule has 0 aliphatic carbocycles. The van der Waals surface area contributed by atoms with Gasteiger partial charge < -0.3 is 10.4 Å². The predicted octanol–water partition coefficient (Wildman–Crippen LogP) is 2.51. The third-order valence-corrected chi connectivity index (χ3v) is 2.39. The van der Waals surface area contributed by atoms with Gasteiger partial charge in [-0.15, -0.1) is 10.2 Å². The van der Waals surface area contributed by atoms with Gasteiger partial charge >= 0.3 is 5.97 Å². The molecular formula is C12H9F2N3O2. The van der Waals surface area contributed by atoms with Crippen molar-refractivity contribution in [2.45, 2.75) is 6.92 Å². The highest BCUT2D eigenvalue weighted by Crippen LogP contribution is 2.21. The molecule has 2 rings (SSSR count). The third kappa shape index (κ3) is 2.82. The van der Waals surface area contributed by atoms with Crippen molar-refractivity contribution in [3.05, 3.63) is 47.2 Å². The van der Waals surface area contributed by atoms with Crippen LogP contribution >= 0.6 is 0 Å². The molecule has 0 saturated carbocycles. The Kier molecular flexibility index (Phi) is 3.37. The molecule has 0 amide bonds. The number of benzene rings is 1. The minimum absolute atomic E-state index is 0.0968. The lowest BCUT2D eigenvalue weighted by molar-refractivity contribution is 0.0689. The molecule has 1 aromatic heterocycles. The summed E-state index contributed by atoms with van der Waals surface area (Å²) in [6.45, 7) is 1.45. The van der Waals surface area contributed by atoms with Crippen molar-refractivity contribution in [2.24, 2.45) is 0 Å². The Hall–Kier alpha value is -2.57. The van der Waals surface area contributed by atoms with E-state index in [4.69, 9.17) is 5.11 Å². The molecule has 2 aromatic rings. The number of aromatic nitrogens is 2. The largest absolute Gasteiger partial charge is 0.476 e. The van der Waals surface area contributed by atoms with Crippen LogP contribution in [0.3, 0.4) is 0 Å². The summed E-state index contributed by atoms with van der Waals surface area (Å²) >= 11 is 0. The molecule has 0 atom stereocenters. The van der Waals surface area contributed by atoms with E-state index in [9.17, 15) is 13.6 Å². The molecule has 0 bridgehead atoms. The number of nitrogens with one attached hydrogen (secondary N) is 1. The molecule has 5 nitrogen and oxygen atoms in total. The van der Waals surface area contributed by atoms with Crippen molar-refractivity contribution in [3.8, 4) is 0 Å². The summed E-state index contributed by atoms with van der Waals surface area (Å²) in [5.41, 5.74) is -0.142. The normalized spacial score (nSPS) is 10.3. The quantitative estimate of drug-likeness (QED) is 0.891. The number of halogens is 2. The number of anilines is 2. The zero-order chi connectivity index (χ0) is 14.0. The van der Waals surface area contributed by atoms with Crippen molar-refractivity contribution in [1.82, 2.24) is 10.2 Å². The van der Waals surface area contributed by atoms with Crippen molar-refractivity contribution in [1.29, 1.82) is 0 Å². The number of carbonyl (C=O) groups is 1. The first-order valence-corrected chi connectivity index (χ1v) is 5.27. The third-order valence-electron chi connectivity index (χ3n) is 2.39. The minimum Gasteiger partial charge on any atom is -0.476 e. The molecule has 19 heavy (non-hydrogen) atoms. The van der Waals surface area contributed by atoms with Crippen molar-refractivity contribution >= 4 is 17.5 Å². The highest BCUT2D eigenvalue weighted by atomic mass is 19.1. The average molecular weight is 265 g/mol. The number of aryl methyl sites for hydroxylation is 1. The SMILES string of the molecule is Cc1cc(F)c(Nc2ccc(C(=O)O)nn2)cc1F. The summed E-state index contributed by atoms with van der Waals surface area (Å²) in [7, 11) is 0. The van der Waals surface area contributed by atoms with Crippen LogP contribution in [0.4, 0.5) is 20.3 Å². The van der Waals surface area contributed by atoms with Crippen molar-refractivity contribution in [2.75, 3.05) is 5.32 Å². The van der Waals surface area contributed by atoms with Crippen LogP contribution in [0.5, 0.6) is 0 Å². The Morgan fingerprint density at radius 1 is 1.21 bits per heavy atom. The molecule has 0 saturated heterocycles. The fourth-order valence-electron chi connectivity index (χ4n) is 1.39. The molecule has 0 radical (unpaired) electrons. The standard InChI is InChI=1S/C12H9F2N3O2/c1-6-4-8(14)10(5-7(6)13)15-11-3-2-9(12(18)19)16-17-11/h2-5H,1H3,(H,15,17)(H,18,19). The van der Waals surface area contributed by atoms with Gasteiger partial charge in [0, 0.05) is 6.07 Å². The highest BCUT2D eigenvalue weighted by Gasteiger charge is 2.09. The Morgan fingerprint density at radius 3 is 2.53 bits per heavy atom. The van der Waals surface area contributed by atoms with Gasteiger partial charge in [0.1, 0.15) is 11.6 Å². The molecular weight excluding hydrogens is 256 g/mol. The number of hydrogen-bond donors (Lipinski definition) is 2. The molecule has 0 spiro atoms. The molecule has 1 heterocycles. The first-order chi connectivity index (χ1) is 8.97. The Balaban J connectivity index is 2.26. The van der Waals surface area contributed by atoms with Gasteiger partial charge in [0.2, 0.25) is 0 Å². The van der Waals surface area contributed by atoms with Gasteiger partial charge in [-0.3, -0.25) is 0 Å². The fourth-order valence-corrected chi connectivity index (χ4v) is 1.39. The second-order valence-electron chi connectivity index (χ2n) is 3.82. The van der Waals surface area contributed by atoms with Gasteiger partial charge in [-0.2, -0.15) is 0 Å². The van der Waals surface area contributed by atoms with E-state index in [1.807, 2.05) is 0 Å². The van der Waals surface area contributed by atoms with Crippen molar-refractivity contribution < 1.29 is 18.7 Å². The van der Waals surface area contributed by atoms with E-state index in [2.05, 4.69) is 15.5 Å². The summed E-state index contributed by atoms with van der Waals surface area (Å²) in [5.74, 6) is -2.29. The van der Waals surface area contributed by atoms with Gasteiger partial charge in [-0.25, -0.2) is 13.6 Å². The molecule has 0 unspecified atom stereocenters. The molecule has 1 aromatic carbocycles. The number of nitrogens with zero attached hydrogens (tertiary/aromatic N) is 2. The summed E-state index contributed by atoms with van der Waals surface area (Å²) in [6, 6.07) is 4.57. The number of carboxylic acids is 1. The second-order valence-corrected chi connectivity index (χ2v) is 3.82. The molecule has 7 heteroatoms. The molecule has 0 aliphatic heterocycles. The number of carboxylic acid groups (broad SMARTS) is 1. The fraction of sp³-hybridized carbons (Fsp3) is 0.0833. The van der Waals surface area contributed by atoms with Gasteiger partial charge in [0.05, 0.1) is 5.69 Å². The van der Waals surface area contributed by atoms with E-state index in [0.717, 1.165) is 12.1 Å². The van der Waals surface area contributed by atoms with Crippen LogP contribution in [0.1, 0.15) is 16.1 Å². The Morgan fingerprint density at radius 2 is 1.95 bits per heavy atom. The lowest BCUT2D eigenvalue weighted by Crippen LogP contribution is -2.04. The maximum absolute atomic E-state index is 13.6. The van der Waals surface area contributed by atoms with E-state index in [0.29, 0.717) is 0 Å². The van der Waals surface area contributed by atoms with Crippen LogP contribution in [0.25, 0.3) is 0 Å². The van der Waals surface area contributed by atoms with Gasteiger partial charge in [-0.05, 0) is 30.7 Å². The zero-order valence-electron chi connectivity index (χ0n) is 9.82. The summed E-state index contributed by atoms with van der Waals surface area (Å²) < 4.78 is 26.9. The number of hydrogen-bond acceptors (Lipinski definition) is 4. The zero-order valence-corrected chi connectivity index (χ0v) is 9.82. The monoisotopic (exact) mass is 265 g/mol. The first kappa shape index (κ1) is 12.9. The highest BCUT2D eigenvalue weighted by molar-refractivity contribution is 5.85. The maximum atomic E-state index is 13.6. The van der Waals surface area contributed by atoms with E-state index in [1.54, 1.807) is 0 Å². The Bertz CT molecular complexity index is 630. The molecule has 0 fully saturated rings. The van der Waals surface area contributed by atoms with Gasteiger partial charge in [-0.1, -0.05) is 0 Å². The van der Waals surface area contributed by atoms with Crippen LogP contribution in [-0.4, -0.2) is 21.3 Å². The number of aromatic carboxylic acids is 1. The molecule has 2 N–H and O–H groups in total. The lowest BCUT2D eigenvalue weighted by Gasteiger charge is -2.07. The second kappa shape index (κ2) is 4.97. The lowest BCUT2D eigenvalue weighted by atomic mass is 10.2. The summed E-state index contributed by atoms with van der Waals surface area (Å²) in [5, 5.41) is 18.1. The Labute approximate surface area is 106 Å². The van der Waals surface area contributed by atoms with E-state index < -0.39 is 17.6 Å². The van der Waals surface area contributed by atoms with Crippen LogP contribution in [0, 0.1) is 18.6 Å². The summed E-state index contributed by atoms with van der Waals surface area (Å²) in [6.07, 6.45) is 0. The van der Waals surface area contributed by atoms with E-state index in [1.165, 1.54) is 19.1 Å².